The first-order valence-electron chi connectivity index (χ1n) is 5.79. The Balaban J connectivity index is 0.000000550. The van der Waals surface area contributed by atoms with Crippen molar-refractivity contribution in [2.24, 2.45) is 0 Å². The minimum absolute atomic E-state index is 0.0332. The number of benzene rings is 1. The molecule has 6 heteroatoms. The van der Waals surface area contributed by atoms with Crippen molar-refractivity contribution < 1.29 is 28.9 Å². The summed E-state index contributed by atoms with van der Waals surface area (Å²) in [6, 6.07) is 4.61. The first-order valence-corrected chi connectivity index (χ1v) is 5.79. The Bertz CT molecular complexity index is 454. The van der Waals surface area contributed by atoms with Gasteiger partial charge in [0.2, 0.25) is 0 Å². The van der Waals surface area contributed by atoms with E-state index in [1.807, 2.05) is 0 Å². The lowest BCUT2D eigenvalue weighted by Crippen LogP contribution is -2.15. The first-order chi connectivity index (χ1) is 9.12. The summed E-state index contributed by atoms with van der Waals surface area (Å²) in [5.74, 6) is 0.767. The first kappa shape index (κ1) is 15.0. The minimum atomic E-state index is -0.804. The number of Topliss-reactive ketones (excluding diaryl/α,β-unsaturated/α-hetero) is 1. The summed E-state index contributed by atoms with van der Waals surface area (Å²) in [7, 11) is 1.22. The van der Waals surface area contributed by atoms with Crippen LogP contribution in [0.3, 0.4) is 0 Å². The highest BCUT2D eigenvalue weighted by molar-refractivity contribution is 5.99. The third-order valence-electron chi connectivity index (χ3n) is 2.21. The number of carbonyl (C=O) groups is 2. The third kappa shape index (κ3) is 4.26. The Morgan fingerprint density at radius 1 is 1.47 bits per heavy atom. The normalized spacial score (nSPS) is 12.5. The fraction of sp³-hybridized carbons (Fsp3) is 0.385. The molecular formula is C13H16O6. The zero-order valence-electron chi connectivity index (χ0n) is 10.8. The summed E-state index contributed by atoms with van der Waals surface area (Å²) in [5.41, 5.74) is 0.517. The van der Waals surface area contributed by atoms with Crippen LogP contribution in [0.2, 0.25) is 0 Å². The summed E-state index contributed by atoms with van der Waals surface area (Å²) in [6.45, 7) is 2.29. The lowest BCUT2D eigenvalue weighted by molar-refractivity contribution is 0.0933. The van der Waals surface area contributed by atoms with Crippen LogP contribution >= 0.6 is 0 Å². The van der Waals surface area contributed by atoms with Crippen LogP contribution in [0.4, 0.5) is 4.79 Å². The number of carbonyl (C=O) groups excluding carboxylic acids is 2. The van der Waals surface area contributed by atoms with Crippen LogP contribution in [0.25, 0.3) is 0 Å². The second-order valence-electron chi connectivity index (χ2n) is 3.55. The highest BCUT2D eigenvalue weighted by Crippen LogP contribution is 2.29. The zero-order valence-corrected chi connectivity index (χ0v) is 10.8. The number of methoxy groups -OCH3 is 1. The monoisotopic (exact) mass is 268 g/mol. The minimum Gasteiger partial charge on any atom is -0.492 e. The van der Waals surface area contributed by atoms with Crippen LogP contribution in [0.15, 0.2) is 18.2 Å². The molecule has 0 spiro atoms. The fourth-order valence-electron chi connectivity index (χ4n) is 1.44. The van der Waals surface area contributed by atoms with Gasteiger partial charge in [0, 0.05) is 19.1 Å². The van der Waals surface area contributed by atoms with Gasteiger partial charge in [0.05, 0.1) is 19.3 Å². The van der Waals surface area contributed by atoms with Gasteiger partial charge < -0.3 is 19.3 Å². The van der Waals surface area contributed by atoms with Gasteiger partial charge in [-0.15, -0.1) is 0 Å². The summed E-state index contributed by atoms with van der Waals surface area (Å²) in [4.78, 5) is 22.3. The van der Waals surface area contributed by atoms with Gasteiger partial charge >= 0.3 is 6.16 Å². The summed E-state index contributed by atoms with van der Waals surface area (Å²) >= 11 is 0. The number of aliphatic hydroxyl groups excluding tert-OH is 1. The second-order valence-corrected chi connectivity index (χ2v) is 3.55. The predicted molar refractivity (Wildman–Crippen MR) is 66.7 cm³/mol. The quantitative estimate of drug-likeness (QED) is 0.617. The van der Waals surface area contributed by atoms with E-state index < -0.39 is 6.16 Å². The van der Waals surface area contributed by atoms with Gasteiger partial charge in [0.1, 0.15) is 11.5 Å². The molecule has 1 aliphatic rings. The van der Waals surface area contributed by atoms with E-state index in [1.54, 1.807) is 13.0 Å². The van der Waals surface area contributed by atoms with E-state index in [1.165, 1.54) is 19.2 Å². The Kier molecular flexibility index (Phi) is 5.81. The Hall–Kier alpha value is -2.08. The number of ether oxygens (including phenoxy) is 3. The van der Waals surface area contributed by atoms with Gasteiger partial charge in [0.15, 0.2) is 5.78 Å². The van der Waals surface area contributed by atoms with Gasteiger partial charge in [-0.25, -0.2) is 4.79 Å². The number of rotatable bonds is 1. The Labute approximate surface area is 110 Å². The summed E-state index contributed by atoms with van der Waals surface area (Å²) in [6.07, 6.45) is -0.424. The van der Waals surface area contributed by atoms with Crippen molar-refractivity contribution in [3.05, 3.63) is 23.8 Å². The van der Waals surface area contributed by atoms with E-state index in [-0.39, 0.29) is 12.4 Å². The molecular weight excluding hydrogens is 252 g/mol. The van der Waals surface area contributed by atoms with Crippen molar-refractivity contribution in [1.29, 1.82) is 0 Å². The molecule has 1 heterocycles. The van der Waals surface area contributed by atoms with Crippen LogP contribution in [-0.2, 0) is 4.74 Å². The fourth-order valence-corrected chi connectivity index (χ4v) is 1.44. The predicted octanol–water partition coefficient (Wildman–Crippen LogP) is 1.80. The molecule has 1 aromatic carbocycles. The largest absolute Gasteiger partial charge is 0.513 e. The molecule has 1 aromatic rings. The van der Waals surface area contributed by atoms with Crippen molar-refractivity contribution in [2.75, 3.05) is 20.3 Å². The summed E-state index contributed by atoms with van der Waals surface area (Å²) < 4.78 is 14.5. The van der Waals surface area contributed by atoms with E-state index in [2.05, 4.69) is 4.74 Å². The number of aliphatic hydroxyl groups is 1. The molecule has 6 nitrogen and oxygen atoms in total. The van der Waals surface area contributed by atoms with Crippen LogP contribution < -0.4 is 9.47 Å². The van der Waals surface area contributed by atoms with E-state index in [9.17, 15) is 9.59 Å². The average molecular weight is 268 g/mol. The lowest BCUT2D eigenvalue weighted by atomic mass is 10.1. The number of fused-ring (bicyclic) bond motifs is 1. The number of hydrogen-bond donors (Lipinski definition) is 1. The molecule has 0 atom stereocenters. The molecule has 2 rings (SSSR count). The number of ketones is 1. The van der Waals surface area contributed by atoms with E-state index in [0.717, 1.165) is 0 Å². The number of hydrogen-bond acceptors (Lipinski definition) is 6. The van der Waals surface area contributed by atoms with Gasteiger partial charge in [-0.1, -0.05) is 0 Å². The highest BCUT2D eigenvalue weighted by atomic mass is 16.7. The van der Waals surface area contributed by atoms with Gasteiger partial charge in [-0.05, 0) is 19.1 Å². The molecule has 0 unspecified atom stereocenters. The topological polar surface area (TPSA) is 82.1 Å². The van der Waals surface area contributed by atoms with Crippen LogP contribution in [0, 0.1) is 0 Å². The highest BCUT2D eigenvalue weighted by Gasteiger charge is 2.19. The standard InChI is InChI=1S/C11H10O5.C2H6O/c1-14-11(13)16-7-2-3-8-9(12)4-5-15-10(8)6-7;1-2-3/h2-3,6H,4-5H2,1H3;3H,2H2,1H3. The molecule has 0 saturated carbocycles. The molecule has 0 saturated heterocycles. The van der Waals surface area contributed by atoms with Gasteiger partial charge in [0.25, 0.3) is 0 Å². The smallest absolute Gasteiger partial charge is 0.492 e. The molecule has 0 aliphatic carbocycles. The van der Waals surface area contributed by atoms with Gasteiger partial charge in [-0.3, -0.25) is 4.79 Å². The van der Waals surface area contributed by atoms with Gasteiger partial charge in [-0.2, -0.15) is 0 Å². The zero-order chi connectivity index (χ0) is 14.3. The van der Waals surface area contributed by atoms with Crippen LogP contribution in [0.5, 0.6) is 11.5 Å². The average Bonchev–Trinajstić information content (AvgIpc) is 2.39. The van der Waals surface area contributed by atoms with Crippen molar-refractivity contribution in [2.45, 2.75) is 13.3 Å². The van der Waals surface area contributed by atoms with Crippen molar-refractivity contribution in [3.8, 4) is 11.5 Å². The van der Waals surface area contributed by atoms with Crippen molar-refractivity contribution in [1.82, 2.24) is 0 Å². The maximum Gasteiger partial charge on any atom is 0.513 e. The van der Waals surface area contributed by atoms with Crippen molar-refractivity contribution in [3.63, 3.8) is 0 Å². The van der Waals surface area contributed by atoms with Crippen molar-refractivity contribution >= 4 is 11.9 Å². The third-order valence-corrected chi connectivity index (χ3v) is 2.21. The molecule has 1 aliphatic heterocycles. The molecule has 0 amide bonds. The maximum absolute atomic E-state index is 11.5. The molecule has 104 valence electrons. The second kappa shape index (κ2) is 7.38. The molecule has 0 aromatic heterocycles. The molecule has 1 N–H and O–H groups in total. The van der Waals surface area contributed by atoms with Crippen LogP contribution in [-0.4, -0.2) is 37.4 Å². The molecule has 0 fully saturated rings. The maximum atomic E-state index is 11.5. The van der Waals surface area contributed by atoms with E-state index >= 15 is 0 Å². The SMILES string of the molecule is CCO.COC(=O)Oc1ccc2c(c1)OCCC2=O. The molecule has 0 bridgehead atoms. The van der Waals surface area contributed by atoms with E-state index in [0.29, 0.717) is 30.1 Å². The Morgan fingerprint density at radius 2 is 2.16 bits per heavy atom. The summed E-state index contributed by atoms with van der Waals surface area (Å²) in [5, 5.41) is 7.57. The lowest BCUT2D eigenvalue weighted by Gasteiger charge is -2.16. The Morgan fingerprint density at radius 3 is 2.79 bits per heavy atom. The molecule has 19 heavy (non-hydrogen) atoms. The van der Waals surface area contributed by atoms with Crippen LogP contribution in [0.1, 0.15) is 23.7 Å². The molecule has 0 radical (unpaired) electrons. The van der Waals surface area contributed by atoms with E-state index in [4.69, 9.17) is 14.6 Å².